The Bertz CT molecular complexity index is 523. The van der Waals surface area contributed by atoms with E-state index in [2.05, 4.69) is 14.7 Å². The zero-order valence-corrected chi connectivity index (χ0v) is 8.52. The van der Waals surface area contributed by atoms with Gasteiger partial charge in [-0.15, -0.1) is 0 Å². The number of hydrogen-bond acceptors (Lipinski definition) is 4. The summed E-state index contributed by atoms with van der Waals surface area (Å²) in [6.45, 7) is 1.94. The standard InChI is InChI=1S/C11H10N2O2/c1-7-3-8-4-9(11(14)15-2)6-13-10(8)12-5-7/h3-6H,1-2H3. The van der Waals surface area contributed by atoms with Gasteiger partial charge in [-0.3, -0.25) is 0 Å². The Labute approximate surface area is 86.9 Å². The summed E-state index contributed by atoms with van der Waals surface area (Å²) in [6.07, 6.45) is 3.21. The highest BCUT2D eigenvalue weighted by molar-refractivity contribution is 5.92. The molecule has 0 aliphatic carbocycles. The number of methoxy groups -OCH3 is 1. The molecule has 4 heteroatoms. The van der Waals surface area contributed by atoms with Gasteiger partial charge in [0.2, 0.25) is 0 Å². The number of carbonyl (C=O) groups excluding carboxylic acids is 1. The Morgan fingerprint density at radius 3 is 2.73 bits per heavy atom. The highest BCUT2D eigenvalue weighted by Gasteiger charge is 2.07. The summed E-state index contributed by atoms with van der Waals surface area (Å²) in [5.41, 5.74) is 2.11. The van der Waals surface area contributed by atoms with Gasteiger partial charge in [0.25, 0.3) is 0 Å². The number of fused-ring (bicyclic) bond motifs is 1. The molecule has 0 N–H and O–H groups in total. The monoisotopic (exact) mass is 202 g/mol. The molecule has 0 aromatic carbocycles. The number of pyridine rings is 2. The maximum atomic E-state index is 11.3. The van der Waals surface area contributed by atoms with Crippen molar-refractivity contribution in [1.82, 2.24) is 9.97 Å². The number of rotatable bonds is 1. The minimum absolute atomic E-state index is 0.383. The number of nitrogens with zero attached hydrogens (tertiary/aromatic N) is 2. The van der Waals surface area contributed by atoms with Crippen LogP contribution in [-0.4, -0.2) is 23.0 Å². The van der Waals surface area contributed by atoms with E-state index in [0.29, 0.717) is 11.2 Å². The molecule has 0 radical (unpaired) electrons. The minimum atomic E-state index is -0.383. The molecule has 0 aliphatic heterocycles. The highest BCUT2D eigenvalue weighted by Crippen LogP contribution is 2.13. The van der Waals surface area contributed by atoms with Crippen molar-refractivity contribution in [1.29, 1.82) is 0 Å². The molecule has 0 fully saturated rings. The van der Waals surface area contributed by atoms with E-state index in [1.807, 2.05) is 13.0 Å². The summed E-state index contributed by atoms with van der Waals surface area (Å²) in [5, 5.41) is 0.845. The van der Waals surface area contributed by atoms with E-state index >= 15 is 0 Å². The summed E-state index contributed by atoms with van der Waals surface area (Å²) in [7, 11) is 1.35. The van der Waals surface area contributed by atoms with Gasteiger partial charge in [-0.05, 0) is 24.6 Å². The van der Waals surface area contributed by atoms with Crippen molar-refractivity contribution in [2.24, 2.45) is 0 Å². The molecular formula is C11H10N2O2. The van der Waals surface area contributed by atoms with Crippen molar-refractivity contribution in [2.45, 2.75) is 6.92 Å². The lowest BCUT2D eigenvalue weighted by Crippen LogP contribution is -2.02. The molecule has 76 valence electrons. The maximum absolute atomic E-state index is 11.3. The summed E-state index contributed by atoms with van der Waals surface area (Å²) < 4.78 is 4.62. The van der Waals surface area contributed by atoms with E-state index in [-0.39, 0.29) is 5.97 Å². The zero-order valence-electron chi connectivity index (χ0n) is 8.52. The topological polar surface area (TPSA) is 52.1 Å². The molecule has 2 aromatic rings. The fourth-order valence-electron chi connectivity index (χ4n) is 1.36. The molecule has 0 bridgehead atoms. The first-order valence-corrected chi connectivity index (χ1v) is 4.51. The van der Waals surface area contributed by atoms with Crippen molar-refractivity contribution in [3.63, 3.8) is 0 Å². The molecular weight excluding hydrogens is 192 g/mol. The van der Waals surface area contributed by atoms with Crippen molar-refractivity contribution >= 4 is 17.0 Å². The highest BCUT2D eigenvalue weighted by atomic mass is 16.5. The second-order valence-electron chi connectivity index (χ2n) is 3.27. The fraction of sp³-hybridized carbons (Fsp3) is 0.182. The quantitative estimate of drug-likeness (QED) is 0.661. The van der Waals surface area contributed by atoms with Crippen LogP contribution in [0.25, 0.3) is 11.0 Å². The van der Waals surface area contributed by atoms with Crippen LogP contribution < -0.4 is 0 Å². The van der Waals surface area contributed by atoms with Crippen LogP contribution >= 0.6 is 0 Å². The molecule has 4 nitrogen and oxygen atoms in total. The van der Waals surface area contributed by atoms with E-state index in [1.165, 1.54) is 13.3 Å². The first-order valence-electron chi connectivity index (χ1n) is 4.51. The largest absolute Gasteiger partial charge is 0.465 e. The van der Waals surface area contributed by atoms with Crippen LogP contribution in [0.3, 0.4) is 0 Å². The van der Waals surface area contributed by atoms with Crippen LogP contribution in [0, 0.1) is 6.92 Å². The van der Waals surface area contributed by atoms with Gasteiger partial charge in [-0.1, -0.05) is 0 Å². The lowest BCUT2D eigenvalue weighted by atomic mass is 10.2. The normalized spacial score (nSPS) is 10.3. The van der Waals surface area contributed by atoms with Gasteiger partial charge >= 0.3 is 5.97 Å². The SMILES string of the molecule is COC(=O)c1cnc2ncc(C)cc2c1. The first kappa shape index (κ1) is 9.58. The molecule has 2 aromatic heterocycles. The third-order valence-electron chi connectivity index (χ3n) is 2.09. The smallest absolute Gasteiger partial charge is 0.339 e. The van der Waals surface area contributed by atoms with Crippen LogP contribution in [0.4, 0.5) is 0 Å². The Balaban J connectivity index is 2.59. The van der Waals surface area contributed by atoms with Crippen molar-refractivity contribution in [3.05, 3.63) is 35.7 Å². The minimum Gasteiger partial charge on any atom is -0.465 e. The average Bonchev–Trinajstić information content (AvgIpc) is 2.27. The van der Waals surface area contributed by atoms with Crippen molar-refractivity contribution in [2.75, 3.05) is 7.11 Å². The molecule has 0 atom stereocenters. The molecule has 0 saturated carbocycles. The van der Waals surface area contributed by atoms with Crippen LogP contribution in [0.1, 0.15) is 15.9 Å². The summed E-state index contributed by atoms with van der Waals surface area (Å²) in [4.78, 5) is 19.5. The van der Waals surface area contributed by atoms with Gasteiger partial charge in [0.15, 0.2) is 5.65 Å². The maximum Gasteiger partial charge on any atom is 0.339 e. The Kier molecular flexibility index (Phi) is 2.33. The van der Waals surface area contributed by atoms with E-state index in [0.717, 1.165) is 10.9 Å². The van der Waals surface area contributed by atoms with E-state index in [1.54, 1.807) is 12.3 Å². The fourth-order valence-corrected chi connectivity index (χ4v) is 1.36. The lowest BCUT2D eigenvalue weighted by molar-refractivity contribution is 0.0600. The Hall–Kier alpha value is -1.97. The van der Waals surface area contributed by atoms with Gasteiger partial charge in [-0.25, -0.2) is 14.8 Å². The number of carbonyl (C=O) groups is 1. The molecule has 0 saturated heterocycles. The van der Waals surface area contributed by atoms with Crippen LogP contribution in [0.2, 0.25) is 0 Å². The van der Waals surface area contributed by atoms with Gasteiger partial charge in [-0.2, -0.15) is 0 Å². The predicted octanol–water partition coefficient (Wildman–Crippen LogP) is 1.72. The molecule has 0 aliphatic rings. The third-order valence-corrected chi connectivity index (χ3v) is 2.09. The van der Waals surface area contributed by atoms with Gasteiger partial charge in [0.05, 0.1) is 12.7 Å². The molecule has 2 heterocycles. The number of hydrogen-bond donors (Lipinski definition) is 0. The van der Waals surface area contributed by atoms with E-state index in [4.69, 9.17) is 0 Å². The first-order chi connectivity index (χ1) is 7.20. The molecule has 2 rings (SSSR count). The number of aromatic nitrogens is 2. The number of ether oxygens (including phenoxy) is 1. The summed E-state index contributed by atoms with van der Waals surface area (Å²) in [5.74, 6) is -0.383. The number of aryl methyl sites for hydroxylation is 1. The zero-order chi connectivity index (χ0) is 10.8. The molecule has 0 unspecified atom stereocenters. The van der Waals surface area contributed by atoms with Gasteiger partial charge in [0.1, 0.15) is 0 Å². The molecule has 15 heavy (non-hydrogen) atoms. The van der Waals surface area contributed by atoms with Gasteiger partial charge in [0, 0.05) is 17.8 Å². The van der Waals surface area contributed by atoms with Crippen molar-refractivity contribution < 1.29 is 9.53 Å². The van der Waals surface area contributed by atoms with E-state index < -0.39 is 0 Å². The molecule has 0 spiro atoms. The summed E-state index contributed by atoms with van der Waals surface area (Å²) in [6, 6.07) is 3.66. The second-order valence-corrected chi connectivity index (χ2v) is 3.27. The summed E-state index contributed by atoms with van der Waals surface area (Å²) >= 11 is 0. The van der Waals surface area contributed by atoms with Crippen LogP contribution in [0.5, 0.6) is 0 Å². The third kappa shape index (κ3) is 1.79. The lowest BCUT2D eigenvalue weighted by Gasteiger charge is -2.01. The Morgan fingerprint density at radius 2 is 2.00 bits per heavy atom. The number of esters is 1. The van der Waals surface area contributed by atoms with Crippen molar-refractivity contribution in [3.8, 4) is 0 Å². The average molecular weight is 202 g/mol. The predicted molar refractivity (Wildman–Crippen MR) is 55.6 cm³/mol. The van der Waals surface area contributed by atoms with Crippen LogP contribution in [-0.2, 0) is 4.74 Å². The second kappa shape index (κ2) is 3.65. The van der Waals surface area contributed by atoms with Crippen LogP contribution in [0.15, 0.2) is 24.5 Å². The Morgan fingerprint density at radius 1 is 1.27 bits per heavy atom. The van der Waals surface area contributed by atoms with E-state index in [9.17, 15) is 4.79 Å². The van der Waals surface area contributed by atoms with Gasteiger partial charge < -0.3 is 4.74 Å². The molecule has 0 amide bonds.